The summed E-state index contributed by atoms with van der Waals surface area (Å²) in [5.41, 5.74) is 0.767. The van der Waals surface area contributed by atoms with Crippen LogP contribution in [0.25, 0.3) is 0 Å². The number of carboxylic acid groups (broad SMARTS) is 2. The van der Waals surface area contributed by atoms with Gasteiger partial charge in [0.05, 0.1) is 6.42 Å². The molecule has 0 aromatic heterocycles. The highest BCUT2D eigenvalue weighted by molar-refractivity contribution is 7.74. The van der Waals surface area contributed by atoms with Crippen molar-refractivity contribution >= 4 is 71.6 Å². The molecule has 0 bridgehead atoms. The van der Waals surface area contributed by atoms with Crippen LogP contribution in [0.4, 0.5) is 4.79 Å². The number of hydrogen-bond acceptors (Lipinski definition) is 11. The van der Waals surface area contributed by atoms with E-state index in [2.05, 4.69) is 16.0 Å². The number of Topliss-reactive ketones (excluding diaryl/α,β-unsaturated/α-hetero) is 1. The van der Waals surface area contributed by atoms with Crippen LogP contribution in [0.1, 0.15) is 32.8 Å². The van der Waals surface area contributed by atoms with Crippen LogP contribution in [0.3, 0.4) is 0 Å². The lowest BCUT2D eigenvalue weighted by Crippen LogP contribution is -2.56. The minimum atomic E-state index is -3.50. The van der Waals surface area contributed by atoms with Crippen molar-refractivity contribution in [3.63, 3.8) is 0 Å². The minimum absolute atomic E-state index is 0.0120. The molecule has 5 aromatic rings. The molecule has 5 N–H and O–H groups in total. The number of ether oxygens (including phenoxy) is 1. The fraction of sp³-hybridized carbons (Fsp3) is 0.234. The Balaban J connectivity index is 0.000000286. The number of carbonyl (C=O) groups excluding carboxylic acids is 4. The third-order valence-corrected chi connectivity index (χ3v) is 14.3. The molecule has 5 aromatic carbocycles. The normalized spacial score (nSPS) is 12.6. The van der Waals surface area contributed by atoms with E-state index in [0.29, 0.717) is 21.2 Å². The number of hydrogen-bond donors (Lipinski definition) is 5. The molecule has 0 spiro atoms. The van der Waals surface area contributed by atoms with E-state index in [0.717, 1.165) is 5.56 Å². The predicted molar refractivity (Wildman–Crippen MR) is 244 cm³/mol. The smallest absolute Gasteiger partial charge is 0.408 e. The van der Waals surface area contributed by atoms with Gasteiger partial charge in [-0.05, 0) is 66.9 Å². The summed E-state index contributed by atoms with van der Waals surface area (Å²) in [4.78, 5) is 71.3. The van der Waals surface area contributed by atoms with Crippen LogP contribution in [0.2, 0.25) is 0 Å². The molecule has 0 unspecified atom stereocenters. The molecule has 0 radical (unpaired) electrons. The molecule has 5 rings (SSSR count). The van der Waals surface area contributed by atoms with Crippen molar-refractivity contribution in [2.45, 2.75) is 51.9 Å². The number of nitrogens with one attached hydrogen (secondary N) is 3. The van der Waals surface area contributed by atoms with Crippen LogP contribution in [0.5, 0.6) is 0 Å². The van der Waals surface area contributed by atoms with Gasteiger partial charge in [-0.25, -0.2) is 9.59 Å². The number of benzene rings is 5. The van der Waals surface area contributed by atoms with Crippen LogP contribution in [0, 0.1) is 5.92 Å². The number of alkyl carbamates (subject to hydrolysis) is 1. The molecule has 0 aliphatic carbocycles. The number of carbonyl (C=O) groups is 6. The summed E-state index contributed by atoms with van der Waals surface area (Å²) in [5, 5.41) is 26.6. The Kier molecular flexibility index (Phi) is 19.6. The summed E-state index contributed by atoms with van der Waals surface area (Å²) in [5.74, 6) is -5.28. The molecular formula is C47H51N3O13P2. The number of aliphatic carboxylic acids is 2. The summed E-state index contributed by atoms with van der Waals surface area (Å²) in [7, 11) is -7.01. The molecule has 3 atom stereocenters. The average molecular weight is 928 g/mol. The third-order valence-electron chi connectivity index (χ3n) is 9.38. The zero-order valence-electron chi connectivity index (χ0n) is 35.9. The highest BCUT2D eigenvalue weighted by Crippen LogP contribution is 2.46. The van der Waals surface area contributed by atoms with Gasteiger partial charge in [0.15, 0.2) is 5.78 Å². The summed E-state index contributed by atoms with van der Waals surface area (Å²) in [6.45, 7) is 3.80. The Morgan fingerprint density at radius 3 is 1.28 bits per heavy atom. The highest BCUT2D eigenvalue weighted by Gasteiger charge is 2.33. The first-order valence-electron chi connectivity index (χ1n) is 20.3. The fourth-order valence-corrected chi connectivity index (χ4v) is 10.0. The van der Waals surface area contributed by atoms with Gasteiger partial charge in [-0.3, -0.25) is 28.3 Å². The fourth-order valence-electron chi connectivity index (χ4n) is 5.93. The van der Waals surface area contributed by atoms with Gasteiger partial charge < -0.3 is 39.9 Å². The Bertz CT molecular complexity index is 2250. The van der Waals surface area contributed by atoms with Gasteiger partial charge in [0.1, 0.15) is 37.9 Å². The van der Waals surface area contributed by atoms with E-state index in [-0.39, 0.29) is 12.5 Å². The SMILES string of the molecule is CC(C)[C@H](NC(=O)OCc1ccccc1)C(=O)N[C@@H](C)C(=O)N[C@@H](CC(=O)O)C(=O)O.O=C(COP(=O)(c1ccccc1)c1ccccc1)COP(=O)(c1ccccc1)c1ccccc1. The Hall–Kier alpha value is -6.70. The maximum atomic E-state index is 13.9. The maximum Gasteiger partial charge on any atom is 0.408 e. The Labute approximate surface area is 376 Å². The van der Waals surface area contributed by atoms with Crippen LogP contribution in [-0.2, 0) is 53.5 Å². The number of amides is 3. The van der Waals surface area contributed by atoms with E-state index in [1.807, 2.05) is 30.3 Å². The Morgan fingerprint density at radius 2 is 0.923 bits per heavy atom. The van der Waals surface area contributed by atoms with Gasteiger partial charge in [0, 0.05) is 21.2 Å². The first kappa shape index (κ1) is 50.9. The topological polar surface area (TPSA) is 241 Å². The molecule has 0 heterocycles. The van der Waals surface area contributed by atoms with E-state index in [1.165, 1.54) is 6.92 Å². The van der Waals surface area contributed by atoms with Crippen molar-refractivity contribution in [1.82, 2.24) is 16.0 Å². The summed E-state index contributed by atoms with van der Waals surface area (Å²) in [6.07, 6.45) is -1.63. The largest absolute Gasteiger partial charge is 0.481 e. The zero-order valence-corrected chi connectivity index (χ0v) is 37.6. The van der Waals surface area contributed by atoms with E-state index < -0.39 is 88.1 Å². The highest BCUT2D eigenvalue weighted by atomic mass is 31.2. The number of rotatable bonds is 21. The second-order valence-corrected chi connectivity index (χ2v) is 19.5. The quantitative estimate of drug-likeness (QED) is 0.0614. The standard InChI is InChI=1S/C27H24O5P2.C20H27N3O8/c28-23(21-31-33(29,24-13-5-1-6-14-24)25-15-7-2-8-16-25)22-32-34(30,26-17-9-3-10-18-26)27-19-11-4-12-20-27;1-11(2)16(23-20(30)31-10-13-7-5-4-6-8-13)18(27)21-12(3)17(26)22-14(19(28)29)9-15(24)25/h1-20H,21-22H2;4-8,11-12,14,16H,9-10H2,1-3H3,(H,21,27)(H,22,26)(H,23,30)(H,24,25)(H,28,29)/t;12-,14-,16-/m.0/s1. The minimum Gasteiger partial charge on any atom is -0.481 e. The van der Waals surface area contributed by atoms with Crippen molar-refractivity contribution in [3.05, 3.63) is 157 Å². The summed E-state index contributed by atoms with van der Waals surface area (Å²) < 4.78 is 44.4. The average Bonchev–Trinajstić information content (AvgIpc) is 3.32. The number of carboxylic acids is 2. The van der Waals surface area contributed by atoms with Gasteiger partial charge >= 0.3 is 18.0 Å². The monoisotopic (exact) mass is 927 g/mol. The molecule has 18 heteroatoms. The maximum absolute atomic E-state index is 13.9. The Morgan fingerprint density at radius 1 is 0.538 bits per heavy atom. The molecule has 0 fully saturated rings. The van der Waals surface area contributed by atoms with Crippen molar-refractivity contribution in [3.8, 4) is 0 Å². The molecule has 0 saturated heterocycles. The number of ketones is 1. The molecule has 3 amide bonds. The second-order valence-electron chi connectivity index (χ2n) is 14.7. The van der Waals surface area contributed by atoms with E-state index in [9.17, 15) is 37.9 Å². The van der Waals surface area contributed by atoms with Gasteiger partial charge in [-0.1, -0.05) is 117 Å². The van der Waals surface area contributed by atoms with Gasteiger partial charge in [0.2, 0.25) is 11.8 Å². The first-order valence-corrected chi connectivity index (χ1v) is 23.5. The lowest BCUT2D eigenvalue weighted by Gasteiger charge is -2.24. The molecule has 0 aliphatic heterocycles. The molecule has 0 saturated carbocycles. The van der Waals surface area contributed by atoms with Gasteiger partial charge in [-0.2, -0.15) is 0 Å². The van der Waals surface area contributed by atoms with Crippen LogP contribution < -0.4 is 37.2 Å². The summed E-state index contributed by atoms with van der Waals surface area (Å²) >= 11 is 0. The van der Waals surface area contributed by atoms with Crippen molar-refractivity contribution in [2.24, 2.45) is 5.92 Å². The second kappa shape index (κ2) is 25.0. The molecule has 16 nitrogen and oxygen atoms in total. The van der Waals surface area contributed by atoms with E-state index >= 15 is 0 Å². The zero-order chi connectivity index (χ0) is 47.4. The molecule has 342 valence electrons. The van der Waals surface area contributed by atoms with Crippen molar-refractivity contribution in [1.29, 1.82) is 0 Å². The van der Waals surface area contributed by atoms with Gasteiger partial charge in [-0.15, -0.1) is 0 Å². The molecule has 65 heavy (non-hydrogen) atoms. The first-order chi connectivity index (χ1) is 31.0. The third kappa shape index (κ3) is 15.5. The lowest BCUT2D eigenvalue weighted by molar-refractivity contribution is -0.147. The van der Waals surface area contributed by atoms with Gasteiger partial charge in [0.25, 0.3) is 14.7 Å². The van der Waals surface area contributed by atoms with E-state index in [4.69, 9.17) is 24.0 Å². The lowest BCUT2D eigenvalue weighted by atomic mass is 10.0. The van der Waals surface area contributed by atoms with Crippen molar-refractivity contribution < 1.29 is 61.9 Å². The van der Waals surface area contributed by atoms with Crippen molar-refractivity contribution in [2.75, 3.05) is 13.2 Å². The van der Waals surface area contributed by atoms with Crippen LogP contribution >= 0.6 is 14.7 Å². The van der Waals surface area contributed by atoms with Crippen LogP contribution in [-0.4, -0.2) is 77.2 Å². The molecule has 0 aliphatic rings. The van der Waals surface area contributed by atoms with E-state index in [1.54, 1.807) is 135 Å². The summed E-state index contributed by atoms with van der Waals surface area (Å²) in [6, 6.07) is 40.3. The predicted octanol–water partition coefficient (Wildman–Crippen LogP) is 4.93. The van der Waals surface area contributed by atoms with Crippen LogP contribution in [0.15, 0.2) is 152 Å². The molecular weight excluding hydrogens is 876 g/mol.